The summed E-state index contributed by atoms with van der Waals surface area (Å²) in [6.07, 6.45) is 0. The van der Waals surface area contributed by atoms with Gasteiger partial charge in [0.15, 0.2) is 0 Å². The summed E-state index contributed by atoms with van der Waals surface area (Å²) in [5.41, 5.74) is 1.40. The summed E-state index contributed by atoms with van der Waals surface area (Å²) in [6, 6.07) is 13.8. The normalized spacial score (nSPS) is 15.1. The highest BCUT2D eigenvalue weighted by Gasteiger charge is 2.28. The van der Waals surface area contributed by atoms with Gasteiger partial charge in [-0.25, -0.2) is 4.79 Å². The zero-order chi connectivity index (χ0) is 12.5. The number of hydrogen-bond acceptors (Lipinski definition) is 3. The summed E-state index contributed by atoms with van der Waals surface area (Å²) in [5, 5.41) is 2.13. The van der Waals surface area contributed by atoms with Crippen LogP contribution in [0.3, 0.4) is 0 Å². The van der Waals surface area contributed by atoms with Crippen molar-refractivity contribution in [3.63, 3.8) is 0 Å². The lowest BCUT2D eigenvalue weighted by Crippen LogP contribution is -1.99. The van der Waals surface area contributed by atoms with E-state index in [1.165, 1.54) is 0 Å². The lowest BCUT2D eigenvalue weighted by atomic mass is 9.98. The molecule has 0 unspecified atom stereocenters. The zero-order valence-electron chi connectivity index (χ0n) is 9.97. The topological polar surface area (TPSA) is 35.5 Å². The third-order valence-corrected chi connectivity index (χ3v) is 3.12. The smallest absolute Gasteiger partial charge is 0.342 e. The fourth-order valence-electron chi connectivity index (χ4n) is 2.25. The number of benzene rings is 2. The van der Waals surface area contributed by atoms with Crippen LogP contribution < -0.4 is 0 Å². The number of fused-ring (bicyclic) bond motifs is 1. The number of carbonyl (C=O) groups excluding carboxylic acids is 1. The molecule has 0 saturated heterocycles. The lowest BCUT2D eigenvalue weighted by Gasteiger charge is -2.06. The number of ether oxygens (including phenoxy) is 2. The van der Waals surface area contributed by atoms with Gasteiger partial charge in [0, 0.05) is 5.56 Å². The maximum atomic E-state index is 11.8. The second-order valence-corrected chi connectivity index (χ2v) is 4.11. The van der Waals surface area contributed by atoms with Crippen LogP contribution in [0.15, 0.2) is 48.2 Å². The molecule has 90 valence electrons. The maximum absolute atomic E-state index is 11.8. The van der Waals surface area contributed by atoms with Crippen LogP contribution in [0, 0.1) is 0 Å². The van der Waals surface area contributed by atoms with E-state index in [2.05, 4.69) is 0 Å². The third kappa shape index (κ3) is 1.56. The Morgan fingerprint density at radius 2 is 1.89 bits per heavy atom. The van der Waals surface area contributed by atoms with Crippen LogP contribution in [0.4, 0.5) is 0 Å². The van der Waals surface area contributed by atoms with Crippen LogP contribution in [0.1, 0.15) is 5.56 Å². The maximum Gasteiger partial charge on any atom is 0.342 e. The van der Waals surface area contributed by atoms with Crippen LogP contribution >= 0.6 is 0 Å². The van der Waals surface area contributed by atoms with Gasteiger partial charge >= 0.3 is 5.97 Å². The highest BCUT2D eigenvalue weighted by atomic mass is 16.6. The lowest BCUT2D eigenvalue weighted by molar-refractivity contribution is -0.134. The Kier molecular flexibility index (Phi) is 2.52. The van der Waals surface area contributed by atoms with Crippen LogP contribution in [-0.4, -0.2) is 19.7 Å². The number of hydrogen-bond donors (Lipinski definition) is 0. The minimum atomic E-state index is -0.316. The molecule has 0 atom stereocenters. The first-order valence-electron chi connectivity index (χ1n) is 5.73. The predicted octanol–water partition coefficient (Wildman–Crippen LogP) is 2.75. The van der Waals surface area contributed by atoms with E-state index in [1.807, 2.05) is 42.5 Å². The molecule has 0 fully saturated rings. The van der Waals surface area contributed by atoms with Gasteiger partial charge in [-0.2, -0.15) is 0 Å². The molecule has 2 aromatic carbocycles. The SMILES string of the molecule is COC1=C(c2cccc3ccccc23)C(=O)OC1. The highest BCUT2D eigenvalue weighted by molar-refractivity contribution is 6.22. The van der Waals surface area contributed by atoms with Crippen molar-refractivity contribution in [3.8, 4) is 0 Å². The molecule has 0 radical (unpaired) electrons. The molecule has 0 bridgehead atoms. The third-order valence-electron chi connectivity index (χ3n) is 3.12. The van der Waals surface area contributed by atoms with Gasteiger partial charge in [0.25, 0.3) is 0 Å². The Bertz CT molecular complexity index is 650. The number of carbonyl (C=O) groups is 1. The molecular weight excluding hydrogens is 228 g/mol. The van der Waals surface area contributed by atoms with Gasteiger partial charge in [-0.1, -0.05) is 42.5 Å². The number of rotatable bonds is 2. The van der Waals surface area contributed by atoms with E-state index in [-0.39, 0.29) is 12.6 Å². The summed E-state index contributed by atoms with van der Waals surface area (Å²) in [6.45, 7) is 0.216. The zero-order valence-corrected chi connectivity index (χ0v) is 9.97. The van der Waals surface area contributed by atoms with Crippen molar-refractivity contribution in [1.82, 2.24) is 0 Å². The Balaban J connectivity index is 2.29. The molecule has 1 aliphatic rings. The number of cyclic esters (lactones) is 1. The van der Waals surface area contributed by atoms with Crippen LogP contribution in [-0.2, 0) is 14.3 Å². The fraction of sp³-hybridized carbons (Fsp3) is 0.133. The largest absolute Gasteiger partial charge is 0.497 e. The van der Waals surface area contributed by atoms with Gasteiger partial charge < -0.3 is 9.47 Å². The Hall–Kier alpha value is -2.29. The summed E-state index contributed by atoms with van der Waals surface area (Å²) < 4.78 is 10.3. The van der Waals surface area contributed by atoms with E-state index in [0.717, 1.165) is 16.3 Å². The molecular formula is C15H12O3. The first-order valence-corrected chi connectivity index (χ1v) is 5.73. The van der Waals surface area contributed by atoms with E-state index >= 15 is 0 Å². The molecule has 0 aromatic heterocycles. The summed E-state index contributed by atoms with van der Waals surface area (Å²) in [5.74, 6) is 0.277. The number of esters is 1. The Morgan fingerprint density at radius 3 is 2.72 bits per heavy atom. The molecule has 1 heterocycles. The van der Waals surface area contributed by atoms with Crippen LogP contribution in [0.5, 0.6) is 0 Å². The minimum Gasteiger partial charge on any atom is -0.497 e. The van der Waals surface area contributed by atoms with Crippen LogP contribution in [0.2, 0.25) is 0 Å². The molecule has 0 amide bonds. The fourth-order valence-corrected chi connectivity index (χ4v) is 2.25. The van der Waals surface area contributed by atoms with Gasteiger partial charge in [-0.05, 0) is 10.8 Å². The van der Waals surface area contributed by atoms with Gasteiger partial charge in [0.2, 0.25) is 0 Å². The molecule has 3 rings (SSSR count). The van der Waals surface area contributed by atoms with Crippen molar-refractivity contribution in [2.75, 3.05) is 13.7 Å². The predicted molar refractivity (Wildman–Crippen MR) is 68.8 cm³/mol. The van der Waals surface area contributed by atoms with Crippen molar-refractivity contribution in [1.29, 1.82) is 0 Å². The molecule has 0 aliphatic carbocycles. The number of methoxy groups -OCH3 is 1. The summed E-state index contributed by atoms with van der Waals surface area (Å²) in [7, 11) is 1.56. The van der Waals surface area contributed by atoms with Gasteiger partial charge in [-0.15, -0.1) is 0 Å². The van der Waals surface area contributed by atoms with Gasteiger partial charge in [0.05, 0.1) is 7.11 Å². The quantitative estimate of drug-likeness (QED) is 0.757. The van der Waals surface area contributed by atoms with E-state index < -0.39 is 0 Å². The van der Waals surface area contributed by atoms with Crippen molar-refractivity contribution in [2.45, 2.75) is 0 Å². The van der Waals surface area contributed by atoms with Crippen LogP contribution in [0.25, 0.3) is 16.3 Å². The van der Waals surface area contributed by atoms with Crippen molar-refractivity contribution in [2.24, 2.45) is 0 Å². The molecule has 0 spiro atoms. The van der Waals surface area contributed by atoms with Gasteiger partial charge in [-0.3, -0.25) is 0 Å². The molecule has 1 aliphatic heterocycles. The van der Waals surface area contributed by atoms with E-state index in [4.69, 9.17) is 9.47 Å². The second kappa shape index (κ2) is 4.18. The Labute approximate surface area is 105 Å². The Morgan fingerprint density at radius 1 is 1.11 bits per heavy atom. The molecule has 18 heavy (non-hydrogen) atoms. The van der Waals surface area contributed by atoms with Crippen molar-refractivity contribution in [3.05, 3.63) is 53.8 Å². The average molecular weight is 240 g/mol. The van der Waals surface area contributed by atoms with Crippen molar-refractivity contribution < 1.29 is 14.3 Å². The molecule has 3 nitrogen and oxygen atoms in total. The molecule has 3 heteroatoms. The molecule has 0 N–H and O–H groups in total. The monoisotopic (exact) mass is 240 g/mol. The summed E-state index contributed by atoms with van der Waals surface area (Å²) >= 11 is 0. The van der Waals surface area contributed by atoms with E-state index in [9.17, 15) is 4.79 Å². The van der Waals surface area contributed by atoms with E-state index in [0.29, 0.717) is 11.3 Å². The molecule has 2 aromatic rings. The second-order valence-electron chi connectivity index (χ2n) is 4.11. The standard InChI is InChI=1S/C15H12O3/c1-17-13-9-18-15(16)14(13)12-8-4-6-10-5-2-3-7-11(10)12/h2-8H,9H2,1H3. The first-order chi connectivity index (χ1) is 8.81. The van der Waals surface area contributed by atoms with Crippen molar-refractivity contribution >= 4 is 22.3 Å². The average Bonchev–Trinajstić information content (AvgIpc) is 2.79. The summed E-state index contributed by atoms with van der Waals surface area (Å²) in [4.78, 5) is 11.8. The molecule has 0 saturated carbocycles. The van der Waals surface area contributed by atoms with E-state index in [1.54, 1.807) is 7.11 Å². The van der Waals surface area contributed by atoms with Gasteiger partial charge in [0.1, 0.15) is 17.9 Å². The highest BCUT2D eigenvalue weighted by Crippen LogP contribution is 2.31. The first kappa shape index (κ1) is 10.8. The minimum absolute atomic E-state index is 0.216.